The number of carbonyl (C=O) groups excluding carboxylic acids is 1. The number of carbonyl (C=O) groups is 1. The monoisotopic (exact) mass is 565 g/mol. The summed E-state index contributed by atoms with van der Waals surface area (Å²) in [6.07, 6.45) is 2.43. The van der Waals surface area contributed by atoms with E-state index in [-0.39, 0.29) is 17.2 Å². The molecule has 1 saturated heterocycles. The second-order valence-electron chi connectivity index (χ2n) is 10.1. The third kappa shape index (κ3) is 3.99. The number of alkyl halides is 4. The molecule has 1 aliphatic carbocycles. The number of rotatable bonds is 2. The number of likely N-dealkylation sites (tertiary alicyclic amines) is 1. The molecular weight excluding hydrogens is 542 g/mol. The third-order valence-corrected chi connectivity index (χ3v) is 6.96. The van der Waals surface area contributed by atoms with E-state index in [4.69, 9.17) is 4.74 Å². The van der Waals surface area contributed by atoms with Gasteiger partial charge in [0.15, 0.2) is 0 Å². The summed E-state index contributed by atoms with van der Waals surface area (Å²) in [5, 5.41) is 0. The van der Waals surface area contributed by atoms with Gasteiger partial charge in [-0.05, 0) is 62.9 Å². The number of amides is 1. The molecule has 2 heterocycles. The first kappa shape index (κ1) is 24.8. The highest BCUT2D eigenvalue weighted by Gasteiger charge is 2.62. The molecule has 1 N–H and O–H groups in total. The number of fused-ring (bicyclic) bond motifs is 3. The van der Waals surface area contributed by atoms with E-state index in [9.17, 15) is 13.6 Å². The van der Waals surface area contributed by atoms with Gasteiger partial charge in [-0.1, -0.05) is 34.1 Å². The normalized spacial score (nSPS) is 20.1. The minimum atomic E-state index is -4.41. The molecule has 1 aliphatic heterocycles. The van der Waals surface area contributed by atoms with Crippen LogP contribution in [0.2, 0.25) is 0 Å². The number of hydrogen-bond acceptors (Lipinski definition) is 3. The SMILES string of the molecule is CC(C)(C)OC(=O)N1CCC[C@H]1c1ncc(-c2ccc3c(c2)C(F)(F)C(F)(F)c2cc(Br)ccc2-3)[nH]1. The van der Waals surface area contributed by atoms with Crippen LogP contribution >= 0.6 is 15.9 Å². The van der Waals surface area contributed by atoms with Gasteiger partial charge in [0.05, 0.1) is 17.9 Å². The molecule has 1 atom stereocenters. The van der Waals surface area contributed by atoms with Crippen LogP contribution in [0.1, 0.15) is 56.6 Å². The summed E-state index contributed by atoms with van der Waals surface area (Å²) in [5.74, 6) is -8.30. The van der Waals surface area contributed by atoms with Crippen molar-refractivity contribution in [1.82, 2.24) is 14.9 Å². The molecule has 3 aromatic rings. The molecule has 2 aromatic carbocycles. The second kappa shape index (κ2) is 8.33. The molecule has 2 aliphatic rings. The maximum absolute atomic E-state index is 15.2. The highest BCUT2D eigenvalue weighted by atomic mass is 79.9. The van der Waals surface area contributed by atoms with Crippen LogP contribution in [0.15, 0.2) is 47.1 Å². The van der Waals surface area contributed by atoms with E-state index >= 15 is 8.78 Å². The Labute approximate surface area is 214 Å². The largest absolute Gasteiger partial charge is 0.444 e. The molecule has 0 spiro atoms. The van der Waals surface area contributed by atoms with Crippen LogP contribution in [0.4, 0.5) is 22.4 Å². The van der Waals surface area contributed by atoms with Gasteiger partial charge >= 0.3 is 17.9 Å². The van der Waals surface area contributed by atoms with Gasteiger partial charge in [-0.15, -0.1) is 0 Å². The molecule has 36 heavy (non-hydrogen) atoms. The van der Waals surface area contributed by atoms with Crippen LogP contribution in [0, 0.1) is 0 Å². The van der Waals surface area contributed by atoms with E-state index in [1.165, 1.54) is 18.3 Å². The quantitative estimate of drug-likeness (QED) is 0.323. The van der Waals surface area contributed by atoms with Crippen LogP contribution < -0.4 is 0 Å². The number of imidazole rings is 1. The molecule has 1 fully saturated rings. The lowest BCUT2D eigenvalue weighted by Gasteiger charge is -2.35. The van der Waals surface area contributed by atoms with Crippen molar-refractivity contribution in [1.29, 1.82) is 0 Å². The lowest BCUT2D eigenvalue weighted by atomic mass is 9.80. The van der Waals surface area contributed by atoms with Crippen LogP contribution in [0.3, 0.4) is 0 Å². The summed E-state index contributed by atoms with van der Waals surface area (Å²) in [5.41, 5.74) is -1.29. The Balaban J connectivity index is 1.50. The van der Waals surface area contributed by atoms with Gasteiger partial charge in [0.2, 0.25) is 0 Å². The maximum atomic E-state index is 15.2. The Kier molecular flexibility index (Phi) is 5.74. The molecule has 10 heteroatoms. The standard InChI is InChI=1S/C26H24BrF4N3O2/c1-24(2,3)36-23(35)34-10-4-5-21(34)22-32-13-20(33-22)14-6-8-16-17-9-7-15(27)12-19(17)26(30,31)25(28,29)18(16)11-14/h6-9,11-13,21H,4-5,10H2,1-3H3,(H,32,33)/t21-/m0/s1. The molecule has 0 unspecified atom stereocenters. The molecular formula is C26H24BrF4N3O2. The van der Waals surface area contributed by atoms with Crippen molar-refractivity contribution >= 4 is 22.0 Å². The van der Waals surface area contributed by atoms with Crippen LogP contribution in [-0.2, 0) is 16.6 Å². The summed E-state index contributed by atoms with van der Waals surface area (Å²) in [7, 11) is 0. The van der Waals surface area contributed by atoms with Gasteiger partial charge in [-0.2, -0.15) is 17.6 Å². The first-order valence-electron chi connectivity index (χ1n) is 11.5. The zero-order chi connectivity index (χ0) is 26.0. The molecule has 1 aromatic heterocycles. The van der Waals surface area contributed by atoms with Gasteiger partial charge in [0, 0.05) is 27.7 Å². The van der Waals surface area contributed by atoms with E-state index < -0.39 is 34.7 Å². The van der Waals surface area contributed by atoms with E-state index in [1.54, 1.807) is 37.8 Å². The fourth-order valence-electron chi connectivity index (χ4n) is 4.80. The van der Waals surface area contributed by atoms with Gasteiger partial charge in [0.25, 0.3) is 0 Å². The Morgan fingerprint density at radius 2 is 1.72 bits per heavy atom. The van der Waals surface area contributed by atoms with Gasteiger partial charge < -0.3 is 9.72 Å². The lowest BCUT2D eigenvalue weighted by Crippen LogP contribution is -2.39. The van der Waals surface area contributed by atoms with Crippen molar-refractivity contribution in [3.05, 3.63) is 64.0 Å². The predicted molar refractivity (Wildman–Crippen MR) is 130 cm³/mol. The number of ether oxygens (including phenoxy) is 1. The number of hydrogen-bond donors (Lipinski definition) is 1. The smallest absolute Gasteiger partial charge is 0.410 e. The van der Waals surface area contributed by atoms with Gasteiger partial charge in [-0.25, -0.2) is 9.78 Å². The summed E-state index contributed by atoms with van der Waals surface area (Å²) < 4.78 is 66.1. The van der Waals surface area contributed by atoms with Crippen molar-refractivity contribution in [3.63, 3.8) is 0 Å². The van der Waals surface area contributed by atoms with Crippen LogP contribution in [0.5, 0.6) is 0 Å². The molecule has 190 valence electrons. The Bertz CT molecular complexity index is 1350. The van der Waals surface area contributed by atoms with Crippen LogP contribution in [0.25, 0.3) is 22.4 Å². The summed E-state index contributed by atoms with van der Waals surface area (Å²) in [6, 6.07) is 7.77. The number of aromatic nitrogens is 2. The zero-order valence-corrected chi connectivity index (χ0v) is 21.4. The van der Waals surface area contributed by atoms with Crippen LogP contribution in [-0.4, -0.2) is 33.1 Å². The fraction of sp³-hybridized carbons (Fsp3) is 0.385. The Morgan fingerprint density at radius 1 is 1.08 bits per heavy atom. The first-order valence-corrected chi connectivity index (χ1v) is 12.3. The zero-order valence-electron chi connectivity index (χ0n) is 19.8. The molecule has 0 bridgehead atoms. The van der Waals surface area contributed by atoms with Crippen molar-refractivity contribution < 1.29 is 27.1 Å². The highest BCUT2D eigenvalue weighted by molar-refractivity contribution is 9.10. The molecule has 0 saturated carbocycles. The lowest BCUT2D eigenvalue weighted by molar-refractivity contribution is -0.225. The molecule has 1 amide bonds. The van der Waals surface area contributed by atoms with E-state index in [2.05, 4.69) is 25.9 Å². The van der Waals surface area contributed by atoms with E-state index in [1.807, 2.05) is 0 Å². The minimum Gasteiger partial charge on any atom is -0.444 e. The summed E-state index contributed by atoms with van der Waals surface area (Å²) in [4.78, 5) is 21.7. The predicted octanol–water partition coefficient (Wildman–Crippen LogP) is 7.78. The number of nitrogens with one attached hydrogen (secondary N) is 1. The average Bonchev–Trinajstić information content (AvgIpc) is 3.46. The minimum absolute atomic E-state index is 0.0591. The van der Waals surface area contributed by atoms with Crippen molar-refractivity contribution in [2.24, 2.45) is 0 Å². The highest BCUT2D eigenvalue weighted by Crippen LogP contribution is 2.58. The molecule has 5 nitrogen and oxygen atoms in total. The number of halogens is 5. The Hall–Kier alpha value is -2.88. The number of benzene rings is 2. The average molecular weight is 566 g/mol. The van der Waals surface area contributed by atoms with Crippen molar-refractivity contribution in [2.45, 2.75) is 57.1 Å². The van der Waals surface area contributed by atoms with Gasteiger partial charge in [-0.3, -0.25) is 4.90 Å². The number of H-pyrrole nitrogens is 1. The Morgan fingerprint density at radius 3 is 2.39 bits per heavy atom. The van der Waals surface area contributed by atoms with Crippen molar-refractivity contribution in [3.8, 4) is 22.4 Å². The van der Waals surface area contributed by atoms with Gasteiger partial charge in [0.1, 0.15) is 11.4 Å². The number of nitrogens with zero attached hydrogens (tertiary/aromatic N) is 2. The van der Waals surface area contributed by atoms with E-state index in [0.717, 1.165) is 18.6 Å². The molecule has 5 rings (SSSR count). The summed E-state index contributed by atoms with van der Waals surface area (Å²) >= 11 is 3.10. The number of aromatic amines is 1. The van der Waals surface area contributed by atoms with Crippen molar-refractivity contribution in [2.75, 3.05) is 6.54 Å². The second-order valence-corrected chi connectivity index (χ2v) is 11.0. The van der Waals surface area contributed by atoms with E-state index in [0.29, 0.717) is 34.5 Å². The summed E-state index contributed by atoms with van der Waals surface area (Å²) in [6.45, 7) is 5.86. The maximum Gasteiger partial charge on any atom is 0.410 e. The topological polar surface area (TPSA) is 58.2 Å². The molecule has 0 radical (unpaired) electrons. The fourth-order valence-corrected chi connectivity index (χ4v) is 5.16. The third-order valence-electron chi connectivity index (χ3n) is 6.47. The first-order chi connectivity index (χ1) is 16.8.